The Balaban J connectivity index is 1.28. The van der Waals surface area contributed by atoms with Crippen molar-refractivity contribution in [1.29, 1.82) is 0 Å². The molecular weight excluding hydrogens is 617 g/mol. The van der Waals surface area contributed by atoms with Crippen LogP contribution in [0.15, 0.2) is 139 Å². The fourth-order valence-corrected chi connectivity index (χ4v) is 8.66. The highest BCUT2D eigenvalue weighted by atomic mass is 32.2. The Morgan fingerprint density at radius 2 is 1.35 bits per heavy atom. The lowest BCUT2D eigenvalue weighted by atomic mass is 9.68. The van der Waals surface area contributed by atoms with Crippen molar-refractivity contribution in [2.24, 2.45) is 4.99 Å². The molecule has 3 aliphatic rings. The summed E-state index contributed by atoms with van der Waals surface area (Å²) >= 11 is 1.87. The molecule has 3 nitrogen and oxygen atoms in total. The third kappa shape index (κ3) is 5.47. The van der Waals surface area contributed by atoms with E-state index in [2.05, 4.69) is 157 Å². The summed E-state index contributed by atoms with van der Waals surface area (Å²) in [4.78, 5) is 10.1. The molecule has 0 amide bonds. The van der Waals surface area contributed by atoms with Gasteiger partial charge >= 0.3 is 0 Å². The van der Waals surface area contributed by atoms with Gasteiger partial charge in [0, 0.05) is 6.20 Å². The van der Waals surface area contributed by atoms with Crippen molar-refractivity contribution in [1.82, 2.24) is 4.98 Å². The lowest BCUT2D eigenvalue weighted by Crippen LogP contribution is -2.30. The standard InChI is InChI=1S/C45H42N2OS/c1-43(2,3)30-20-22-35-36-23-21-31(44(4,5)6)28-38(36)45(37(35)27-30,41-19-9-10-24-46-41)32-14-12-16-34(26-32)48-33-15-11-13-29(25-33)42-47-39-17-7-8-18-40(39)49-42/h7-28,40,42H,1-6H3. The molecule has 2 unspecified atom stereocenters. The molecular formula is C45H42N2OS. The smallest absolute Gasteiger partial charge is 0.127 e. The summed E-state index contributed by atoms with van der Waals surface area (Å²) in [6.45, 7) is 13.7. The molecule has 0 saturated heterocycles. The summed E-state index contributed by atoms with van der Waals surface area (Å²) in [6.07, 6.45) is 10.4. The van der Waals surface area contributed by atoms with Crippen LogP contribution in [0.2, 0.25) is 0 Å². The summed E-state index contributed by atoms with van der Waals surface area (Å²) in [7, 11) is 0. The molecule has 4 aromatic carbocycles. The number of pyridine rings is 1. The lowest BCUT2D eigenvalue weighted by Gasteiger charge is -2.34. The number of fused-ring (bicyclic) bond motifs is 4. The van der Waals surface area contributed by atoms with E-state index < -0.39 is 5.41 Å². The number of hydrogen-bond acceptors (Lipinski definition) is 4. The number of benzene rings is 4. The predicted octanol–water partition coefficient (Wildman–Crippen LogP) is 11.5. The van der Waals surface area contributed by atoms with Gasteiger partial charge in [-0.2, -0.15) is 0 Å². The van der Waals surface area contributed by atoms with Crippen LogP contribution < -0.4 is 4.74 Å². The normalized spacial score (nSPS) is 18.9. The zero-order valence-electron chi connectivity index (χ0n) is 29.1. The first-order valence-electron chi connectivity index (χ1n) is 17.2. The highest BCUT2D eigenvalue weighted by molar-refractivity contribution is 8.01. The number of aliphatic imine (C=N–C) groups is 1. The summed E-state index contributed by atoms with van der Waals surface area (Å²) in [6, 6.07) is 37.5. The maximum Gasteiger partial charge on any atom is 0.127 e. The number of thioether (sulfide) groups is 1. The average Bonchev–Trinajstić information content (AvgIpc) is 3.66. The molecule has 244 valence electrons. The number of rotatable bonds is 5. The van der Waals surface area contributed by atoms with Crippen LogP contribution in [0.25, 0.3) is 11.1 Å². The molecule has 8 rings (SSSR count). The van der Waals surface area contributed by atoms with E-state index in [1.165, 1.54) is 33.4 Å². The van der Waals surface area contributed by atoms with E-state index in [9.17, 15) is 0 Å². The maximum atomic E-state index is 6.70. The largest absolute Gasteiger partial charge is 0.457 e. The van der Waals surface area contributed by atoms with Crippen molar-refractivity contribution in [2.75, 3.05) is 0 Å². The fraction of sp³-hybridized carbons (Fsp3) is 0.244. The SMILES string of the molecule is CC(C)(C)c1ccc2c(c1)C(c1cccc(Oc3cccc(C4N=C5C=CC=CC5S4)c3)c1)(c1ccccn1)c1cc(C(C)(C)C)ccc1-2. The van der Waals surface area contributed by atoms with Crippen LogP contribution in [0.5, 0.6) is 11.5 Å². The molecule has 0 saturated carbocycles. The number of aromatic nitrogens is 1. The number of allylic oxidation sites excluding steroid dienone is 3. The molecule has 4 heteroatoms. The van der Waals surface area contributed by atoms with Crippen LogP contribution in [-0.2, 0) is 16.2 Å². The minimum absolute atomic E-state index is 0.0149. The molecule has 2 heterocycles. The fourth-order valence-electron chi connectivity index (χ4n) is 7.44. The lowest BCUT2D eigenvalue weighted by molar-refractivity contribution is 0.480. The monoisotopic (exact) mass is 658 g/mol. The van der Waals surface area contributed by atoms with Crippen molar-refractivity contribution in [3.8, 4) is 22.6 Å². The average molecular weight is 659 g/mol. The summed E-state index contributed by atoms with van der Waals surface area (Å²) < 4.78 is 6.70. The van der Waals surface area contributed by atoms with Crippen LogP contribution in [0.1, 0.15) is 86.0 Å². The first-order valence-corrected chi connectivity index (χ1v) is 18.1. The van der Waals surface area contributed by atoms with Gasteiger partial charge in [0.15, 0.2) is 0 Å². The molecule has 2 atom stereocenters. The third-order valence-corrected chi connectivity index (χ3v) is 11.4. The van der Waals surface area contributed by atoms with Crippen LogP contribution in [0.4, 0.5) is 0 Å². The molecule has 49 heavy (non-hydrogen) atoms. The second-order valence-electron chi connectivity index (χ2n) is 15.4. The minimum atomic E-state index is -0.635. The minimum Gasteiger partial charge on any atom is -0.457 e. The van der Waals surface area contributed by atoms with E-state index in [-0.39, 0.29) is 16.2 Å². The first kappa shape index (κ1) is 31.6. The van der Waals surface area contributed by atoms with E-state index in [1.807, 2.05) is 30.1 Å². The van der Waals surface area contributed by atoms with Gasteiger partial charge in [-0.25, -0.2) is 0 Å². The van der Waals surface area contributed by atoms with Gasteiger partial charge in [0.05, 0.1) is 22.1 Å². The molecule has 1 aromatic heterocycles. The molecule has 0 N–H and O–H groups in total. The highest BCUT2D eigenvalue weighted by Gasteiger charge is 2.48. The van der Waals surface area contributed by atoms with Gasteiger partial charge < -0.3 is 4.74 Å². The molecule has 0 bridgehead atoms. The molecule has 1 aliphatic heterocycles. The van der Waals surface area contributed by atoms with Crippen LogP contribution >= 0.6 is 11.8 Å². The van der Waals surface area contributed by atoms with E-state index in [0.717, 1.165) is 34.0 Å². The van der Waals surface area contributed by atoms with E-state index in [1.54, 1.807) is 0 Å². The van der Waals surface area contributed by atoms with Gasteiger partial charge in [0.2, 0.25) is 0 Å². The number of nitrogens with zero attached hydrogens (tertiary/aromatic N) is 2. The predicted molar refractivity (Wildman–Crippen MR) is 205 cm³/mol. The zero-order chi connectivity index (χ0) is 34.0. The Morgan fingerprint density at radius 3 is 1.98 bits per heavy atom. The summed E-state index contributed by atoms with van der Waals surface area (Å²) in [5.74, 6) is 1.60. The van der Waals surface area contributed by atoms with Crippen LogP contribution in [0, 0.1) is 0 Å². The van der Waals surface area contributed by atoms with Gasteiger partial charge in [0.25, 0.3) is 0 Å². The van der Waals surface area contributed by atoms with Gasteiger partial charge in [-0.05, 0) is 97.8 Å². The molecule has 0 fully saturated rings. The van der Waals surface area contributed by atoms with E-state index in [0.29, 0.717) is 5.25 Å². The number of hydrogen-bond donors (Lipinski definition) is 0. The second kappa shape index (κ2) is 11.7. The van der Waals surface area contributed by atoms with Crippen molar-refractivity contribution < 1.29 is 4.74 Å². The molecule has 0 spiro atoms. The van der Waals surface area contributed by atoms with Gasteiger partial charge in [-0.1, -0.05) is 127 Å². The Labute approximate surface area is 294 Å². The quantitative estimate of drug-likeness (QED) is 0.185. The molecule has 2 aliphatic carbocycles. The third-order valence-electron chi connectivity index (χ3n) is 10.1. The van der Waals surface area contributed by atoms with E-state index in [4.69, 9.17) is 14.7 Å². The van der Waals surface area contributed by atoms with Gasteiger partial charge in [-0.3, -0.25) is 9.98 Å². The van der Waals surface area contributed by atoms with Crippen molar-refractivity contribution >= 4 is 17.5 Å². The maximum absolute atomic E-state index is 6.70. The van der Waals surface area contributed by atoms with Crippen molar-refractivity contribution in [3.05, 3.63) is 173 Å². The molecule has 0 radical (unpaired) electrons. The van der Waals surface area contributed by atoms with Crippen molar-refractivity contribution in [2.45, 2.75) is 68.4 Å². The van der Waals surface area contributed by atoms with E-state index >= 15 is 0 Å². The summed E-state index contributed by atoms with van der Waals surface area (Å²) in [5.41, 5.74) is 11.4. The Hall–Kier alpha value is -4.67. The van der Waals surface area contributed by atoms with Crippen LogP contribution in [0.3, 0.4) is 0 Å². The first-order chi connectivity index (χ1) is 23.5. The topological polar surface area (TPSA) is 34.5 Å². The summed E-state index contributed by atoms with van der Waals surface area (Å²) in [5, 5.41) is 0.365. The number of ether oxygens (including phenoxy) is 1. The Morgan fingerprint density at radius 1 is 0.673 bits per heavy atom. The van der Waals surface area contributed by atoms with Crippen LogP contribution in [-0.4, -0.2) is 15.9 Å². The molecule has 5 aromatic rings. The Kier molecular flexibility index (Phi) is 7.57. The highest BCUT2D eigenvalue weighted by Crippen LogP contribution is 2.57. The Bertz CT molecular complexity index is 2100. The zero-order valence-corrected chi connectivity index (χ0v) is 29.9. The second-order valence-corrected chi connectivity index (χ2v) is 16.6. The van der Waals surface area contributed by atoms with Crippen molar-refractivity contribution in [3.63, 3.8) is 0 Å². The van der Waals surface area contributed by atoms with Gasteiger partial charge in [-0.15, -0.1) is 11.8 Å². The van der Waals surface area contributed by atoms with Gasteiger partial charge in [0.1, 0.15) is 16.9 Å².